The van der Waals surface area contributed by atoms with Crippen LogP contribution < -0.4 is 10.1 Å². The molecule has 0 aromatic heterocycles. The number of nitrogens with one attached hydrogen (secondary N) is 1. The van der Waals surface area contributed by atoms with Crippen molar-refractivity contribution >= 4 is 5.69 Å². The number of halogens is 2. The second-order valence-corrected chi connectivity index (χ2v) is 2.19. The quantitative estimate of drug-likeness (QED) is 0.738. The second-order valence-electron chi connectivity index (χ2n) is 2.19. The minimum atomic E-state index is -0.580. The van der Waals surface area contributed by atoms with Crippen LogP contribution in [-0.4, -0.2) is 14.2 Å². The van der Waals surface area contributed by atoms with Crippen LogP contribution in [-0.2, 0) is 0 Å². The maximum absolute atomic E-state index is 12.9. The van der Waals surface area contributed by atoms with Crippen LogP contribution in [0.15, 0.2) is 12.1 Å². The van der Waals surface area contributed by atoms with Crippen molar-refractivity contribution in [3.05, 3.63) is 23.8 Å². The summed E-state index contributed by atoms with van der Waals surface area (Å²) in [7, 11) is 2.79. The van der Waals surface area contributed by atoms with E-state index in [2.05, 4.69) is 10.1 Å². The van der Waals surface area contributed by atoms with Gasteiger partial charge < -0.3 is 10.1 Å². The van der Waals surface area contributed by atoms with E-state index in [1.165, 1.54) is 14.2 Å². The molecule has 0 saturated carbocycles. The lowest BCUT2D eigenvalue weighted by molar-refractivity contribution is 0.385. The number of ether oxygens (including phenoxy) is 1. The highest BCUT2D eigenvalue weighted by atomic mass is 19.1. The Labute approximate surface area is 69.2 Å². The lowest BCUT2D eigenvalue weighted by Gasteiger charge is -2.08. The van der Waals surface area contributed by atoms with Gasteiger partial charge in [0.1, 0.15) is 11.5 Å². The van der Waals surface area contributed by atoms with Crippen LogP contribution in [0.3, 0.4) is 0 Å². The van der Waals surface area contributed by atoms with Gasteiger partial charge in [0.05, 0.1) is 7.11 Å². The van der Waals surface area contributed by atoms with Gasteiger partial charge in [-0.2, -0.15) is 0 Å². The smallest absolute Gasteiger partial charge is 0.180 e. The van der Waals surface area contributed by atoms with E-state index >= 15 is 0 Å². The number of hydrogen-bond donors (Lipinski definition) is 1. The Hall–Kier alpha value is -1.32. The van der Waals surface area contributed by atoms with Gasteiger partial charge in [0.15, 0.2) is 11.6 Å². The van der Waals surface area contributed by atoms with Crippen LogP contribution in [0, 0.1) is 11.6 Å². The predicted molar refractivity (Wildman–Crippen MR) is 42.5 cm³/mol. The zero-order chi connectivity index (χ0) is 9.14. The molecule has 0 bridgehead atoms. The van der Waals surface area contributed by atoms with E-state index in [0.717, 1.165) is 12.1 Å². The van der Waals surface area contributed by atoms with Crippen LogP contribution in [0.1, 0.15) is 0 Å². The molecular formula is C8H9F2NO. The molecule has 1 aromatic rings. The van der Waals surface area contributed by atoms with Crippen molar-refractivity contribution in [1.82, 2.24) is 0 Å². The summed E-state index contributed by atoms with van der Waals surface area (Å²) in [6.45, 7) is 0. The standard InChI is InChI=1S/C8H9F2NO/c1-11-7-5(9)3-4-6(10)8(7)12-2/h3-4,11H,1-2H3. The highest BCUT2D eigenvalue weighted by Crippen LogP contribution is 2.29. The number of benzene rings is 1. The lowest BCUT2D eigenvalue weighted by Crippen LogP contribution is -1.99. The topological polar surface area (TPSA) is 21.3 Å². The van der Waals surface area contributed by atoms with Crippen molar-refractivity contribution < 1.29 is 13.5 Å². The summed E-state index contributed by atoms with van der Waals surface area (Å²) in [6.07, 6.45) is 0. The first-order chi connectivity index (χ1) is 5.70. The SMILES string of the molecule is CNc1c(F)ccc(F)c1OC. The summed E-state index contributed by atoms with van der Waals surface area (Å²) < 4.78 is 30.5. The van der Waals surface area contributed by atoms with Gasteiger partial charge in [-0.25, -0.2) is 8.78 Å². The van der Waals surface area contributed by atoms with E-state index in [1.54, 1.807) is 0 Å². The van der Waals surface area contributed by atoms with Gasteiger partial charge in [-0.15, -0.1) is 0 Å². The molecule has 0 unspecified atom stereocenters. The molecule has 0 aliphatic heterocycles. The molecule has 0 aliphatic rings. The zero-order valence-corrected chi connectivity index (χ0v) is 6.82. The molecule has 1 rings (SSSR count). The summed E-state index contributed by atoms with van der Waals surface area (Å²) in [4.78, 5) is 0. The molecule has 2 nitrogen and oxygen atoms in total. The van der Waals surface area contributed by atoms with Gasteiger partial charge in [0, 0.05) is 7.05 Å². The molecule has 0 spiro atoms. The van der Waals surface area contributed by atoms with E-state index in [9.17, 15) is 8.78 Å². The minimum absolute atomic E-state index is 0.0394. The fourth-order valence-corrected chi connectivity index (χ4v) is 0.966. The molecule has 0 aliphatic carbocycles. The molecular weight excluding hydrogens is 164 g/mol. The van der Waals surface area contributed by atoms with E-state index in [1.807, 2.05) is 0 Å². The van der Waals surface area contributed by atoms with E-state index in [-0.39, 0.29) is 11.4 Å². The Morgan fingerprint density at radius 1 is 1.25 bits per heavy atom. The second kappa shape index (κ2) is 3.38. The molecule has 0 saturated heterocycles. The Kier molecular flexibility index (Phi) is 2.47. The van der Waals surface area contributed by atoms with Gasteiger partial charge in [0.2, 0.25) is 0 Å². The third kappa shape index (κ3) is 1.32. The van der Waals surface area contributed by atoms with E-state index in [0.29, 0.717) is 0 Å². The Morgan fingerprint density at radius 2 is 1.83 bits per heavy atom. The fourth-order valence-electron chi connectivity index (χ4n) is 0.966. The minimum Gasteiger partial charge on any atom is -0.491 e. The van der Waals surface area contributed by atoms with Gasteiger partial charge >= 0.3 is 0 Å². The number of anilines is 1. The molecule has 0 radical (unpaired) electrons. The number of methoxy groups -OCH3 is 1. The monoisotopic (exact) mass is 173 g/mol. The van der Waals surface area contributed by atoms with Crippen molar-refractivity contribution in [2.45, 2.75) is 0 Å². The molecule has 0 heterocycles. The molecule has 0 atom stereocenters. The Bertz CT molecular complexity index is 260. The van der Waals surface area contributed by atoms with Crippen molar-refractivity contribution in [2.75, 3.05) is 19.5 Å². The average Bonchev–Trinajstić information content (AvgIpc) is 2.08. The average molecular weight is 173 g/mol. The Balaban J connectivity index is 3.28. The molecule has 0 amide bonds. The van der Waals surface area contributed by atoms with Crippen molar-refractivity contribution in [1.29, 1.82) is 0 Å². The van der Waals surface area contributed by atoms with Crippen molar-refractivity contribution in [3.63, 3.8) is 0 Å². The first-order valence-electron chi connectivity index (χ1n) is 3.40. The maximum atomic E-state index is 12.9. The normalized spacial score (nSPS) is 9.67. The molecule has 4 heteroatoms. The summed E-state index contributed by atoms with van der Waals surface area (Å²) in [5.74, 6) is -1.21. The van der Waals surface area contributed by atoms with Gasteiger partial charge in [0.25, 0.3) is 0 Å². The summed E-state index contributed by atoms with van der Waals surface area (Å²) >= 11 is 0. The van der Waals surface area contributed by atoms with Crippen molar-refractivity contribution in [2.24, 2.45) is 0 Å². The van der Waals surface area contributed by atoms with Crippen LogP contribution in [0.4, 0.5) is 14.5 Å². The molecule has 1 N–H and O–H groups in total. The third-order valence-corrected chi connectivity index (χ3v) is 1.51. The van der Waals surface area contributed by atoms with E-state index in [4.69, 9.17) is 0 Å². The lowest BCUT2D eigenvalue weighted by atomic mass is 10.2. The van der Waals surface area contributed by atoms with Crippen LogP contribution >= 0.6 is 0 Å². The van der Waals surface area contributed by atoms with Gasteiger partial charge in [-0.1, -0.05) is 0 Å². The van der Waals surface area contributed by atoms with Crippen LogP contribution in [0.2, 0.25) is 0 Å². The first kappa shape index (κ1) is 8.77. The van der Waals surface area contributed by atoms with E-state index < -0.39 is 11.6 Å². The fraction of sp³-hybridized carbons (Fsp3) is 0.250. The maximum Gasteiger partial charge on any atom is 0.180 e. The summed E-state index contributed by atoms with van der Waals surface area (Å²) in [5.41, 5.74) is 0.0394. The largest absolute Gasteiger partial charge is 0.491 e. The molecule has 66 valence electrons. The number of hydrogen-bond acceptors (Lipinski definition) is 2. The number of rotatable bonds is 2. The predicted octanol–water partition coefficient (Wildman–Crippen LogP) is 2.02. The Morgan fingerprint density at radius 3 is 2.25 bits per heavy atom. The highest BCUT2D eigenvalue weighted by molar-refractivity contribution is 5.57. The van der Waals surface area contributed by atoms with Gasteiger partial charge in [-0.3, -0.25) is 0 Å². The van der Waals surface area contributed by atoms with Crippen molar-refractivity contribution in [3.8, 4) is 5.75 Å². The zero-order valence-electron chi connectivity index (χ0n) is 6.82. The first-order valence-corrected chi connectivity index (χ1v) is 3.40. The summed E-state index contributed by atoms with van der Waals surface area (Å²) in [6, 6.07) is 2.07. The molecule has 1 aromatic carbocycles. The molecule has 12 heavy (non-hydrogen) atoms. The molecule has 0 fully saturated rings. The van der Waals surface area contributed by atoms with Gasteiger partial charge in [-0.05, 0) is 12.1 Å². The van der Waals surface area contributed by atoms with Crippen LogP contribution in [0.25, 0.3) is 0 Å². The highest BCUT2D eigenvalue weighted by Gasteiger charge is 2.12. The third-order valence-electron chi connectivity index (χ3n) is 1.51. The van der Waals surface area contributed by atoms with Crippen LogP contribution in [0.5, 0.6) is 5.75 Å². The summed E-state index contributed by atoms with van der Waals surface area (Å²) in [5, 5.41) is 2.52.